The lowest BCUT2D eigenvalue weighted by atomic mass is 10.0. The van der Waals surface area contributed by atoms with Gasteiger partial charge in [0, 0.05) is 22.9 Å². The highest BCUT2D eigenvalue weighted by atomic mass is 32.1. The van der Waals surface area contributed by atoms with Crippen LogP contribution in [0.25, 0.3) is 31.9 Å². The molecular weight excluding hydrogens is 449 g/mol. The number of rotatable bonds is 4. The quantitative estimate of drug-likeness (QED) is 0.286. The molecule has 0 unspecified atom stereocenters. The first-order valence-corrected chi connectivity index (χ1v) is 11.1. The van der Waals surface area contributed by atoms with E-state index in [0.29, 0.717) is 16.3 Å². The van der Waals surface area contributed by atoms with E-state index < -0.39 is 5.82 Å². The van der Waals surface area contributed by atoms with Gasteiger partial charge in [0.05, 0.1) is 27.5 Å². The van der Waals surface area contributed by atoms with Gasteiger partial charge in [0.2, 0.25) is 0 Å². The summed E-state index contributed by atoms with van der Waals surface area (Å²) >= 11 is 1.42. The number of aromatic hydroxyl groups is 2. The summed E-state index contributed by atoms with van der Waals surface area (Å²) in [5.74, 6) is -0.408. The van der Waals surface area contributed by atoms with E-state index in [0.717, 1.165) is 26.9 Å². The molecule has 5 rings (SSSR count). The Morgan fingerprint density at radius 1 is 0.941 bits per heavy atom. The molecule has 5 aromatic rings. The van der Waals surface area contributed by atoms with E-state index in [1.807, 2.05) is 36.4 Å². The van der Waals surface area contributed by atoms with Crippen LogP contribution < -0.4 is 0 Å². The maximum Gasteiger partial charge on any atom is 0.126 e. The Labute approximate surface area is 198 Å². The van der Waals surface area contributed by atoms with E-state index in [4.69, 9.17) is 10.2 Å². The average molecular weight is 466 g/mol. The Hall–Kier alpha value is -4.54. The molecule has 0 saturated heterocycles. The van der Waals surface area contributed by atoms with Gasteiger partial charge in [0.1, 0.15) is 22.3 Å². The molecule has 0 fully saturated rings. The maximum absolute atomic E-state index is 13.6. The summed E-state index contributed by atoms with van der Waals surface area (Å²) in [6, 6.07) is 23.6. The molecule has 0 aliphatic carbocycles. The van der Waals surface area contributed by atoms with Crippen molar-refractivity contribution >= 4 is 33.5 Å². The summed E-state index contributed by atoms with van der Waals surface area (Å²) in [6.07, 6.45) is 1.42. The van der Waals surface area contributed by atoms with E-state index in [2.05, 4.69) is 11.1 Å². The summed E-state index contributed by atoms with van der Waals surface area (Å²) in [4.78, 5) is 9.33. The molecule has 0 aliphatic rings. The van der Waals surface area contributed by atoms with Crippen LogP contribution in [-0.2, 0) is 0 Å². The Kier molecular flexibility index (Phi) is 5.50. The zero-order valence-corrected chi connectivity index (χ0v) is 18.4. The van der Waals surface area contributed by atoms with Crippen LogP contribution in [0, 0.1) is 17.1 Å². The minimum absolute atomic E-state index is 0.0647. The fraction of sp³-hybridized carbons (Fsp3) is 0. The summed E-state index contributed by atoms with van der Waals surface area (Å²) < 4.78 is 14.4. The second kappa shape index (κ2) is 8.77. The molecule has 0 aliphatic heterocycles. The summed E-state index contributed by atoms with van der Waals surface area (Å²) in [6.45, 7) is 0. The molecule has 0 atom stereocenters. The van der Waals surface area contributed by atoms with Crippen molar-refractivity contribution in [3.63, 3.8) is 0 Å². The van der Waals surface area contributed by atoms with Crippen molar-refractivity contribution in [1.29, 1.82) is 5.26 Å². The van der Waals surface area contributed by atoms with Crippen LogP contribution in [-0.4, -0.2) is 21.4 Å². The number of thiazole rings is 1. The largest absolute Gasteiger partial charge is 0.508 e. The molecule has 34 heavy (non-hydrogen) atoms. The SMILES string of the molecule is N#Cc1ccc(-c2cc(O)cc3sc(-c4ccccc4N=Cc4cc(F)ccc4O)nc23)cc1. The molecule has 1 aromatic heterocycles. The third-order valence-electron chi connectivity index (χ3n) is 5.27. The Morgan fingerprint density at radius 2 is 1.74 bits per heavy atom. The van der Waals surface area contributed by atoms with E-state index in [1.54, 1.807) is 24.3 Å². The molecule has 4 aromatic carbocycles. The lowest BCUT2D eigenvalue weighted by Crippen LogP contribution is -1.85. The van der Waals surface area contributed by atoms with Crippen molar-refractivity contribution in [3.8, 4) is 39.3 Å². The van der Waals surface area contributed by atoms with Crippen LogP contribution in [0.4, 0.5) is 10.1 Å². The van der Waals surface area contributed by atoms with Crippen LogP contribution in [0.15, 0.2) is 83.9 Å². The number of nitriles is 1. The van der Waals surface area contributed by atoms with Gasteiger partial charge in [-0.3, -0.25) is 4.99 Å². The highest BCUT2D eigenvalue weighted by molar-refractivity contribution is 7.21. The monoisotopic (exact) mass is 465 g/mol. The topological polar surface area (TPSA) is 89.5 Å². The maximum atomic E-state index is 13.6. The van der Waals surface area contributed by atoms with Gasteiger partial charge in [0.15, 0.2) is 0 Å². The third kappa shape index (κ3) is 4.10. The minimum atomic E-state index is -0.464. The van der Waals surface area contributed by atoms with Crippen molar-refractivity contribution < 1.29 is 14.6 Å². The van der Waals surface area contributed by atoms with Gasteiger partial charge in [-0.1, -0.05) is 24.3 Å². The first-order chi connectivity index (χ1) is 16.5. The summed E-state index contributed by atoms with van der Waals surface area (Å²) in [5, 5.41) is 30.1. The lowest BCUT2D eigenvalue weighted by Gasteiger charge is -2.04. The number of phenolic OH excluding ortho intramolecular Hbond substituents is 2. The number of fused-ring (bicyclic) bond motifs is 1. The third-order valence-corrected chi connectivity index (χ3v) is 6.31. The Morgan fingerprint density at radius 3 is 2.53 bits per heavy atom. The van der Waals surface area contributed by atoms with Crippen molar-refractivity contribution in [2.75, 3.05) is 0 Å². The van der Waals surface area contributed by atoms with Crippen LogP contribution in [0.5, 0.6) is 11.5 Å². The normalized spacial score (nSPS) is 11.2. The molecule has 0 radical (unpaired) electrons. The molecule has 0 amide bonds. The smallest absolute Gasteiger partial charge is 0.126 e. The van der Waals surface area contributed by atoms with E-state index in [9.17, 15) is 14.6 Å². The van der Waals surface area contributed by atoms with E-state index in [-0.39, 0.29) is 17.1 Å². The van der Waals surface area contributed by atoms with Gasteiger partial charge in [-0.25, -0.2) is 9.37 Å². The van der Waals surface area contributed by atoms with Crippen molar-refractivity contribution in [2.45, 2.75) is 0 Å². The molecule has 164 valence electrons. The number of nitrogens with zero attached hydrogens (tertiary/aromatic N) is 3. The van der Waals surface area contributed by atoms with Gasteiger partial charge >= 0.3 is 0 Å². The molecule has 1 heterocycles. The lowest BCUT2D eigenvalue weighted by molar-refractivity contribution is 0.472. The van der Waals surface area contributed by atoms with Gasteiger partial charge in [-0.05, 0) is 60.2 Å². The zero-order chi connectivity index (χ0) is 23.7. The van der Waals surface area contributed by atoms with Crippen LogP contribution in [0.3, 0.4) is 0 Å². The van der Waals surface area contributed by atoms with Gasteiger partial charge in [0.25, 0.3) is 0 Å². The van der Waals surface area contributed by atoms with Crippen molar-refractivity contribution in [2.24, 2.45) is 4.99 Å². The van der Waals surface area contributed by atoms with E-state index in [1.165, 1.54) is 35.8 Å². The summed E-state index contributed by atoms with van der Waals surface area (Å²) in [5.41, 5.74) is 4.51. The standard InChI is InChI=1S/C27H16FN3O2S/c28-19-9-10-24(33)18(11-19)15-30-23-4-2-1-3-21(23)27-31-26-22(12-20(32)13-25(26)34-27)17-7-5-16(14-29)6-8-17/h1-13,15,32-33H. The van der Waals surface area contributed by atoms with Crippen LogP contribution in [0.2, 0.25) is 0 Å². The second-order valence-electron chi connectivity index (χ2n) is 7.53. The fourth-order valence-corrected chi connectivity index (χ4v) is 4.67. The number of aliphatic imine (C=N–C) groups is 1. The number of phenols is 2. The predicted molar refractivity (Wildman–Crippen MR) is 132 cm³/mol. The molecule has 2 N–H and O–H groups in total. The Balaban J connectivity index is 1.60. The first kappa shape index (κ1) is 21.3. The fourth-order valence-electron chi connectivity index (χ4n) is 3.61. The van der Waals surface area contributed by atoms with Crippen molar-refractivity contribution in [3.05, 3.63) is 95.8 Å². The molecule has 0 spiro atoms. The second-order valence-corrected chi connectivity index (χ2v) is 8.56. The molecular formula is C27H16FN3O2S. The highest BCUT2D eigenvalue weighted by Crippen LogP contribution is 2.41. The van der Waals surface area contributed by atoms with Gasteiger partial charge < -0.3 is 10.2 Å². The minimum Gasteiger partial charge on any atom is -0.508 e. The number of hydrogen-bond acceptors (Lipinski definition) is 6. The van der Waals surface area contributed by atoms with Crippen LogP contribution >= 0.6 is 11.3 Å². The van der Waals surface area contributed by atoms with Crippen LogP contribution in [0.1, 0.15) is 11.1 Å². The molecule has 0 saturated carbocycles. The Bertz CT molecular complexity index is 1600. The molecule has 0 bridgehead atoms. The average Bonchev–Trinajstić information content (AvgIpc) is 3.28. The van der Waals surface area contributed by atoms with Crippen molar-refractivity contribution in [1.82, 2.24) is 4.98 Å². The number of aromatic nitrogens is 1. The number of benzene rings is 4. The predicted octanol–water partition coefficient (Wildman–Crippen LogP) is 6.80. The first-order valence-electron chi connectivity index (χ1n) is 10.3. The zero-order valence-electron chi connectivity index (χ0n) is 17.6. The number of para-hydroxylation sites is 1. The molecule has 7 heteroatoms. The number of hydrogen-bond donors (Lipinski definition) is 2. The van der Waals surface area contributed by atoms with E-state index >= 15 is 0 Å². The van der Waals surface area contributed by atoms with Gasteiger partial charge in [-0.15, -0.1) is 11.3 Å². The number of halogens is 1. The highest BCUT2D eigenvalue weighted by Gasteiger charge is 2.15. The van der Waals surface area contributed by atoms with Gasteiger partial charge in [-0.2, -0.15) is 5.26 Å². The molecule has 5 nitrogen and oxygen atoms in total. The summed E-state index contributed by atoms with van der Waals surface area (Å²) in [7, 11) is 0.